The van der Waals surface area contributed by atoms with Gasteiger partial charge in [-0.05, 0) is 77.6 Å². The van der Waals surface area contributed by atoms with Crippen LogP contribution in [0.2, 0.25) is 19.6 Å². The minimum Gasteiger partial charge on any atom is -0.353 e. The molecular weight excluding hydrogens is 683 g/mol. The first-order valence-corrected chi connectivity index (χ1v) is 23.7. The summed E-state index contributed by atoms with van der Waals surface area (Å²) in [5.74, 6) is 1.09. The van der Waals surface area contributed by atoms with Crippen molar-refractivity contribution in [3.8, 4) is 22.4 Å². The second-order valence-corrected chi connectivity index (χ2v) is 22.1. The number of anilines is 3. The molecule has 3 nitrogen and oxygen atoms in total. The lowest BCUT2D eigenvalue weighted by atomic mass is 9.78. The summed E-state index contributed by atoms with van der Waals surface area (Å²) in [5.41, 5.74) is 15.1. The van der Waals surface area contributed by atoms with E-state index >= 15 is 0 Å². The van der Waals surface area contributed by atoms with E-state index in [-0.39, 0.29) is 12.0 Å². The molecule has 5 aromatic rings. The molecule has 1 aliphatic rings. The molecule has 0 fully saturated rings. The Morgan fingerprint density at radius 3 is 2.11 bits per heavy atom. The van der Waals surface area contributed by atoms with E-state index in [4.69, 9.17) is 6.58 Å². The van der Waals surface area contributed by atoms with Crippen molar-refractivity contribution < 1.29 is 4.57 Å². The number of hydrogen-bond donors (Lipinski definition) is 1. The van der Waals surface area contributed by atoms with Gasteiger partial charge in [0.2, 0.25) is 5.69 Å². The normalized spacial score (nSPS) is 15.3. The molecule has 2 heterocycles. The van der Waals surface area contributed by atoms with Crippen molar-refractivity contribution in [2.45, 2.75) is 97.3 Å². The molecule has 4 heteroatoms. The molecule has 1 N–H and O–H groups in total. The lowest BCUT2D eigenvalue weighted by Crippen LogP contribution is -2.53. The molecule has 6 rings (SSSR count). The van der Waals surface area contributed by atoms with Gasteiger partial charge in [-0.2, -0.15) is 4.57 Å². The maximum atomic E-state index is 4.85. The first-order valence-electron chi connectivity index (χ1n) is 20.2. The third-order valence-corrected chi connectivity index (χ3v) is 13.5. The summed E-state index contributed by atoms with van der Waals surface area (Å²) >= 11 is 0. The number of para-hydroxylation sites is 3. The highest BCUT2D eigenvalue weighted by Crippen LogP contribution is 2.45. The summed E-state index contributed by atoms with van der Waals surface area (Å²) in [4.78, 5) is 2.32. The maximum absolute atomic E-state index is 4.85. The molecule has 0 aliphatic carbocycles. The molecule has 0 amide bonds. The molecule has 2 unspecified atom stereocenters. The van der Waals surface area contributed by atoms with Crippen LogP contribution in [0.5, 0.6) is 0 Å². The zero-order valence-electron chi connectivity index (χ0n) is 34.8. The van der Waals surface area contributed by atoms with Crippen molar-refractivity contribution in [3.05, 3.63) is 163 Å². The molecule has 4 aromatic carbocycles. The van der Waals surface area contributed by atoms with E-state index in [9.17, 15) is 0 Å². The number of nitrogens with one attached hydrogen (secondary N) is 1. The van der Waals surface area contributed by atoms with Crippen molar-refractivity contribution in [2.24, 2.45) is 0 Å². The van der Waals surface area contributed by atoms with E-state index in [0.717, 1.165) is 36.3 Å². The molecule has 0 bridgehead atoms. The second-order valence-electron chi connectivity index (χ2n) is 17.1. The van der Waals surface area contributed by atoms with Crippen molar-refractivity contribution in [2.75, 3.05) is 17.3 Å². The number of hydrogen-bond acceptors (Lipinski definition) is 2. The number of nitrogens with zero attached hydrogens (tertiary/aromatic N) is 2. The standard InChI is InChI=1S/C51H62N3Si/c1-12-21-37(6)30-31-44-42-24-16-17-25-43(42)49-33-45(39-22-14-13-15-23-39)50(55(9,10)11)34-54(49)48(44)32-38(7)53(8)47-29-19-18-28-46(47)52-51-40(35(2)3)26-20-27-41(51)36(4)5/h12-29,33-36,44,48,52H,6-7,30-32H2,1-5,8-11H3/q+1/b21-12-. The summed E-state index contributed by atoms with van der Waals surface area (Å²) in [6.07, 6.45) is 9.58. The van der Waals surface area contributed by atoms with Crippen molar-refractivity contribution >= 4 is 30.3 Å². The zero-order chi connectivity index (χ0) is 39.4. The Bertz CT molecular complexity index is 2160. The molecule has 1 aromatic heterocycles. The number of allylic oxidation sites excluding steroid dienone is 4. The molecular formula is C51H62N3Si+. The van der Waals surface area contributed by atoms with Gasteiger partial charge in [0.25, 0.3) is 0 Å². The quantitative estimate of drug-likeness (QED) is 0.0694. The molecule has 2 atom stereocenters. The Kier molecular flexibility index (Phi) is 12.2. The first kappa shape index (κ1) is 39.8. The lowest BCUT2D eigenvalue weighted by molar-refractivity contribution is -0.717. The van der Waals surface area contributed by atoms with Crippen molar-refractivity contribution in [3.63, 3.8) is 0 Å². The summed E-state index contributed by atoms with van der Waals surface area (Å²) in [7, 11) is 0.412. The average molecular weight is 745 g/mol. The Balaban J connectivity index is 1.45. The van der Waals surface area contributed by atoms with Crippen LogP contribution >= 0.6 is 0 Å². The van der Waals surface area contributed by atoms with Gasteiger partial charge >= 0.3 is 0 Å². The van der Waals surface area contributed by atoms with Crippen LogP contribution in [0.4, 0.5) is 17.1 Å². The van der Waals surface area contributed by atoms with Gasteiger partial charge in [0.1, 0.15) is 0 Å². The van der Waals surface area contributed by atoms with Crippen LogP contribution in [0.15, 0.2) is 146 Å². The van der Waals surface area contributed by atoms with E-state index in [1.54, 1.807) is 0 Å². The largest absolute Gasteiger partial charge is 0.353 e. The number of benzene rings is 4. The molecule has 284 valence electrons. The summed E-state index contributed by atoms with van der Waals surface area (Å²) in [6.45, 7) is 27.9. The minimum atomic E-state index is -1.78. The van der Waals surface area contributed by atoms with Gasteiger partial charge in [-0.3, -0.25) is 0 Å². The predicted octanol–water partition coefficient (Wildman–Crippen LogP) is 13.4. The number of rotatable bonds is 14. The Labute approximate surface area is 333 Å². The molecule has 0 radical (unpaired) electrons. The van der Waals surface area contributed by atoms with E-state index in [0.29, 0.717) is 11.8 Å². The van der Waals surface area contributed by atoms with Gasteiger partial charge in [-0.1, -0.05) is 157 Å². The summed E-state index contributed by atoms with van der Waals surface area (Å²) in [6, 6.07) is 38.2. The highest BCUT2D eigenvalue weighted by molar-refractivity contribution is 6.89. The molecule has 0 spiro atoms. The van der Waals surface area contributed by atoms with E-state index in [1.807, 2.05) is 0 Å². The average Bonchev–Trinajstić information content (AvgIpc) is 3.17. The lowest BCUT2D eigenvalue weighted by Gasteiger charge is -2.34. The second kappa shape index (κ2) is 16.8. The fourth-order valence-corrected chi connectivity index (χ4v) is 10.0. The summed E-state index contributed by atoms with van der Waals surface area (Å²) in [5, 5.41) is 5.43. The number of fused-ring (bicyclic) bond motifs is 3. The van der Waals surface area contributed by atoms with Crippen LogP contribution < -0.4 is 20.0 Å². The van der Waals surface area contributed by atoms with E-state index < -0.39 is 8.07 Å². The van der Waals surface area contributed by atoms with E-state index in [2.05, 4.69) is 204 Å². The maximum Gasteiger partial charge on any atom is 0.213 e. The Morgan fingerprint density at radius 1 is 0.818 bits per heavy atom. The third-order valence-electron chi connectivity index (χ3n) is 11.5. The minimum absolute atomic E-state index is 0.174. The molecule has 0 saturated carbocycles. The van der Waals surface area contributed by atoms with Crippen LogP contribution in [-0.2, 0) is 0 Å². The number of aromatic nitrogens is 1. The van der Waals surface area contributed by atoms with Crippen LogP contribution in [-0.4, -0.2) is 15.1 Å². The van der Waals surface area contributed by atoms with Gasteiger partial charge in [-0.15, -0.1) is 0 Å². The number of pyridine rings is 1. The fourth-order valence-electron chi connectivity index (χ4n) is 8.47. The smallest absolute Gasteiger partial charge is 0.213 e. The van der Waals surface area contributed by atoms with Crippen LogP contribution in [0.25, 0.3) is 22.4 Å². The van der Waals surface area contributed by atoms with Crippen LogP contribution in [0, 0.1) is 0 Å². The third kappa shape index (κ3) is 8.50. The molecule has 1 aliphatic heterocycles. The van der Waals surface area contributed by atoms with Crippen molar-refractivity contribution in [1.29, 1.82) is 0 Å². The highest BCUT2D eigenvalue weighted by Gasteiger charge is 2.42. The zero-order valence-corrected chi connectivity index (χ0v) is 35.8. The van der Waals surface area contributed by atoms with Crippen LogP contribution in [0.3, 0.4) is 0 Å². The van der Waals surface area contributed by atoms with E-state index in [1.165, 1.54) is 55.5 Å². The SMILES string of the molecule is C=C(/C=C\C)CCC1c2ccccc2-c2cc(-c3ccccc3)c([Si](C)(C)C)c[n+]2C1CC(=C)N(C)c1ccccc1Nc1c(C(C)C)cccc1C(C)C. The molecule has 0 saturated heterocycles. The monoisotopic (exact) mass is 744 g/mol. The fraction of sp³-hybridized carbons (Fsp3) is 0.314. The Hall–Kier alpha value is -4.93. The van der Waals surface area contributed by atoms with Gasteiger partial charge in [0, 0.05) is 41.2 Å². The van der Waals surface area contributed by atoms with Crippen molar-refractivity contribution in [1.82, 2.24) is 0 Å². The van der Waals surface area contributed by atoms with Gasteiger partial charge < -0.3 is 10.2 Å². The van der Waals surface area contributed by atoms with Gasteiger partial charge in [-0.25, -0.2) is 0 Å². The van der Waals surface area contributed by atoms with Gasteiger partial charge in [0.05, 0.1) is 25.9 Å². The Morgan fingerprint density at radius 2 is 1.45 bits per heavy atom. The topological polar surface area (TPSA) is 19.1 Å². The van der Waals surface area contributed by atoms with Crippen LogP contribution in [0.1, 0.15) is 94.4 Å². The highest BCUT2D eigenvalue weighted by atomic mass is 28.3. The molecule has 55 heavy (non-hydrogen) atoms. The first-order chi connectivity index (χ1) is 26.3. The van der Waals surface area contributed by atoms with Gasteiger partial charge in [0.15, 0.2) is 12.2 Å². The predicted molar refractivity (Wildman–Crippen MR) is 242 cm³/mol. The summed E-state index contributed by atoms with van der Waals surface area (Å²) < 4.78 is 2.64.